The van der Waals surface area contributed by atoms with Crippen molar-refractivity contribution in [3.63, 3.8) is 0 Å². The minimum Gasteiger partial charge on any atom is -0.457 e. The summed E-state index contributed by atoms with van der Waals surface area (Å²) in [4.78, 5) is 0. The average molecular weight is 290 g/mol. The van der Waals surface area contributed by atoms with Crippen LogP contribution in [0.5, 0.6) is 11.5 Å². The number of hydrogen-bond acceptors (Lipinski definition) is 2. The molecule has 2 aromatic rings. The molecule has 0 aliphatic heterocycles. The molecule has 0 fully saturated rings. The quantitative estimate of drug-likeness (QED) is 0.761. The average Bonchev–Trinajstić information content (AvgIpc) is 2.45. The van der Waals surface area contributed by atoms with Crippen molar-refractivity contribution in [1.82, 2.24) is 5.32 Å². The van der Waals surface area contributed by atoms with E-state index in [9.17, 15) is 0 Å². The van der Waals surface area contributed by atoms with Gasteiger partial charge in [-0.15, -0.1) is 0 Å². The Kier molecular flexibility index (Phi) is 5.45. The standard InChI is InChI=1S/C17H20ClNO/c1-3-10-19-12-14-5-8-16(9-6-14)20-17-11-15(18)7-4-13(17)2/h4-9,11,19H,3,10,12H2,1-2H3. The molecule has 0 saturated heterocycles. The molecule has 3 heteroatoms. The van der Waals surface area contributed by atoms with Gasteiger partial charge in [0.2, 0.25) is 0 Å². The largest absolute Gasteiger partial charge is 0.457 e. The summed E-state index contributed by atoms with van der Waals surface area (Å²) in [6, 6.07) is 13.8. The van der Waals surface area contributed by atoms with E-state index in [4.69, 9.17) is 16.3 Å². The molecule has 0 spiro atoms. The molecule has 2 nitrogen and oxygen atoms in total. The lowest BCUT2D eigenvalue weighted by atomic mass is 10.2. The van der Waals surface area contributed by atoms with Gasteiger partial charge in [-0.3, -0.25) is 0 Å². The fraction of sp³-hybridized carbons (Fsp3) is 0.294. The highest BCUT2D eigenvalue weighted by atomic mass is 35.5. The summed E-state index contributed by atoms with van der Waals surface area (Å²) in [5.74, 6) is 1.63. The lowest BCUT2D eigenvalue weighted by Gasteiger charge is -2.10. The van der Waals surface area contributed by atoms with Crippen molar-refractivity contribution in [2.45, 2.75) is 26.8 Å². The first kappa shape index (κ1) is 14.9. The third kappa shape index (κ3) is 4.26. The second-order valence-electron chi connectivity index (χ2n) is 4.83. The molecule has 0 atom stereocenters. The lowest BCUT2D eigenvalue weighted by Crippen LogP contribution is -2.13. The van der Waals surface area contributed by atoms with E-state index >= 15 is 0 Å². The van der Waals surface area contributed by atoms with Gasteiger partial charge in [0.1, 0.15) is 11.5 Å². The molecule has 20 heavy (non-hydrogen) atoms. The van der Waals surface area contributed by atoms with Crippen LogP contribution in [0, 0.1) is 6.92 Å². The van der Waals surface area contributed by atoms with Gasteiger partial charge in [-0.25, -0.2) is 0 Å². The van der Waals surface area contributed by atoms with E-state index in [2.05, 4.69) is 24.4 Å². The Hall–Kier alpha value is -1.51. The van der Waals surface area contributed by atoms with Gasteiger partial charge >= 0.3 is 0 Å². The normalized spacial score (nSPS) is 10.6. The molecule has 0 aliphatic rings. The highest BCUT2D eigenvalue weighted by Crippen LogP contribution is 2.27. The highest BCUT2D eigenvalue weighted by molar-refractivity contribution is 6.30. The fourth-order valence-corrected chi connectivity index (χ4v) is 2.06. The maximum Gasteiger partial charge on any atom is 0.131 e. The Morgan fingerprint density at radius 2 is 1.85 bits per heavy atom. The summed E-state index contributed by atoms with van der Waals surface area (Å²) in [5, 5.41) is 4.06. The number of hydrogen-bond donors (Lipinski definition) is 1. The van der Waals surface area contributed by atoms with Gasteiger partial charge in [-0.05, 0) is 55.3 Å². The molecule has 0 bridgehead atoms. The van der Waals surface area contributed by atoms with Crippen LogP contribution in [0.25, 0.3) is 0 Å². The minimum absolute atomic E-state index is 0.686. The van der Waals surface area contributed by atoms with Crippen molar-refractivity contribution in [2.24, 2.45) is 0 Å². The van der Waals surface area contributed by atoms with Crippen LogP contribution in [0.4, 0.5) is 0 Å². The Bertz CT molecular complexity index is 551. The van der Waals surface area contributed by atoms with Crippen molar-refractivity contribution in [3.8, 4) is 11.5 Å². The molecule has 106 valence electrons. The van der Waals surface area contributed by atoms with Gasteiger partial charge in [-0.2, -0.15) is 0 Å². The zero-order valence-corrected chi connectivity index (χ0v) is 12.7. The topological polar surface area (TPSA) is 21.3 Å². The number of rotatable bonds is 6. The van der Waals surface area contributed by atoms with Gasteiger partial charge in [0, 0.05) is 11.6 Å². The third-order valence-corrected chi connectivity index (χ3v) is 3.29. The molecule has 0 radical (unpaired) electrons. The van der Waals surface area contributed by atoms with Crippen LogP contribution in [0.2, 0.25) is 5.02 Å². The second kappa shape index (κ2) is 7.32. The van der Waals surface area contributed by atoms with Crippen LogP contribution in [-0.2, 0) is 6.54 Å². The van der Waals surface area contributed by atoms with E-state index < -0.39 is 0 Å². The summed E-state index contributed by atoms with van der Waals surface area (Å²) in [5.41, 5.74) is 2.33. The van der Waals surface area contributed by atoms with Crippen LogP contribution in [0.3, 0.4) is 0 Å². The minimum atomic E-state index is 0.686. The van der Waals surface area contributed by atoms with E-state index in [0.29, 0.717) is 5.02 Å². The fourth-order valence-electron chi connectivity index (χ4n) is 1.90. The lowest BCUT2D eigenvalue weighted by molar-refractivity contribution is 0.478. The van der Waals surface area contributed by atoms with E-state index in [0.717, 1.165) is 36.6 Å². The molecule has 2 rings (SSSR count). The first-order valence-corrected chi connectivity index (χ1v) is 7.30. The molecular weight excluding hydrogens is 270 g/mol. The van der Waals surface area contributed by atoms with Crippen LogP contribution >= 0.6 is 11.6 Å². The Labute approximate surface area is 125 Å². The van der Waals surface area contributed by atoms with Gasteiger partial charge in [0.25, 0.3) is 0 Å². The number of ether oxygens (including phenoxy) is 1. The molecule has 0 heterocycles. The zero-order valence-electron chi connectivity index (χ0n) is 11.9. The Morgan fingerprint density at radius 3 is 2.55 bits per heavy atom. The van der Waals surface area contributed by atoms with Crippen LogP contribution < -0.4 is 10.1 Å². The van der Waals surface area contributed by atoms with E-state index in [1.807, 2.05) is 37.3 Å². The molecule has 0 aliphatic carbocycles. The summed E-state index contributed by atoms with van der Waals surface area (Å²) in [6.07, 6.45) is 1.15. The maximum atomic E-state index is 5.99. The predicted octanol–water partition coefficient (Wildman–Crippen LogP) is 4.94. The Balaban J connectivity index is 2.01. The second-order valence-corrected chi connectivity index (χ2v) is 5.27. The summed E-state index contributed by atoms with van der Waals surface area (Å²) < 4.78 is 5.87. The van der Waals surface area contributed by atoms with E-state index in [1.165, 1.54) is 5.56 Å². The highest BCUT2D eigenvalue weighted by Gasteiger charge is 2.03. The smallest absolute Gasteiger partial charge is 0.131 e. The summed E-state index contributed by atoms with van der Waals surface area (Å²) in [6.45, 7) is 6.11. The Morgan fingerprint density at radius 1 is 1.10 bits per heavy atom. The van der Waals surface area contributed by atoms with Crippen LogP contribution in [0.1, 0.15) is 24.5 Å². The zero-order chi connectivity index (χ0) is 14.4. The monoisotopic (exact) mass is 289 g/mol. The van der Waals surface area contributed by atoms with Crippen molar-refractivity contribution >= 4 is 11.6 Å². The van der Waals surface area contributed by atoms with Crippen molar-refractivity contribution < 1.29 is 4.74 Å². The van der Waals surface area contributed by atoms with Crippen molar-refractivity contribution in [3.05, 3.63) is 58.6 Å². The van der Waals surface area contributed by atoms with Gasteiger partial charge < -0.3 is 10.1 Å². The molecule has 0 amide bonds. The summed E-state index contributed by atoms with van der Waals surface area (Å²) in [7, 11) is 0. The summed E-state index contributed by atoms with van der Waals surface area (Å²) >= 11 is 5.99. The first-order valence-electron chi connectivity index (χ1n) is 6.92. The third-order valence-electron chi connectivity index (χ3n) is 3.06. The van der Waals surface area contributed by atoms with Gasteiger partial charge in [-0.1, -0.05) is 36.7 Å². The number of benzene rings is 2. The van der Waals surface area contributed by atoms with Crippen molar-refractivity contribution in [1.29, 1.82) is 0 Å². The molecular formula is C17H20ClNO. The van der Waals surface area contributed by atoms with E-state index in [1.54, 1.807) is 0 Å². The molecule has 2 aromatic carbocycles. The molecule has 0 saturated carbocycles. The van der Waals surface area contributed by atoms with E-state index in [-0.39, 0.29) is 0 Å². The predicted molar refractivity (Wildman–Crippen MR) is 84.7 cm³/mol. The maximum absolute atomic E-state index is 5.99. The SMILES string of the molecule is CCCNCc1ccc(Oc2cc(Cl)ccc2C)cc1. The molecule has 0 aromatic heterocycles. The van der Waals surface area contributed by atoms with Crippen molar-refractivity contribution in [2.75, 3.05) is 6.54 Å². The number of nitrogens with one attached hydrogen (secondary N) is 1. The van der Waals surface area contributed by atoms with Crippen LogP contribution in [-0.4, -0.2) is 6.54 Å². The number of halogens is 1. The van der Waals surface area contributed by atoms with Gasteiger partial charge in [0.15, 0.2) is 0 Å². The van der Waals surface area contributed by atoms with Crippen LogP contribution in [0.15, 0.2) is 42.5 Å². The molecule has 0 unspecified atom stereocenters. The number of aryl methyl sites for hydroxylation is 1. The first-order chi connectivity index (χ1) is 9.69. The molecule has 1 N–H and O–H groups in total. The van der Waals surface area contributed by atoms with Gasteiger partial charge in [0.05, 0.1) is 0 Å².